The number of hydrogen-bond donors (Lipinski definition) is 3. The molecule has 5 atom stereocenters. The number of sulfonamides is 1. The molecule has 3 heterocycles. The van der Waals surface area contributed by atoms with Gasteiger partial charge in [-0.25, -0.2) is 17.6 Å². The van der Waals surface area contributed by atoms with E-state index < -0.39 is 74.5 Å². The Kier molecular flexibility index (Phi) is 9.90. The predicted molar refractivity (Wildman–Crippen MR) is 181 cm³/mol. The van der Waals surface area contributed by atoms with Gasteiger partial charge in [-0.05, 0) is 62.4 Å². The van der Waals surface area contributed by atoms with E-state index in [1.807, 2.05) is 12.2 Å². The lowest BCUT2D eigenvalue weighted by molar-refractivity contribution is -0.141. The SMILES string of the molecule is CN(C)C(=S)N[C@H]1CCCCC/C=C\[C@@H]2C[C@@]2(C(=O)NS(=O)(=O)C2CC2)NC(=O)[C@@H]2C[C@@H](OC(=O)N3Cc4cccc(F)c4C3)CN2C1=O. The van der Waals surface area contributed by atoms with E-state index in [2.05, 4.69) is 15.4 Å². The quantitative estimate of drug-likeness (QED) is 0.304. The van der Waals surface area contributed by atoms with Crippen LogP contribution in [0.5, 0.6) is 0 Å². The monoisotopic (exact) mass is 718 g/mol. The summed E-state index contributed by atoms with van der Waals surface area (Å²) in [6.07, 6.45) is 6.82. The van der Waals surface area contributed by atoms with Gasteiger partial charge in [-0.3, -0.25) is 24.0 Å². The highest BCUT2D eigenvalue weighted by Crippen LogP contribution is 2.46. The Hall–Kier alpha value is -3.79. The number of halogens is 1. The molecule has 3 N–H and O–H groups in total. The average molecular weight is 719 g/mol. The molecule has 2 aliphatic carbocycles. The van der Waals surface area contributed by atoms with Crippen molar-refractivity contribution in [3.63, 3.8) is 0 Å². The Morgan fingerprint density at radius 1 is 1.12 bits per heavy atom. The number of fused-ring (bicyclic) bond motifs is 3. The maximum Gasteiger partial charge on any atom is 0.410 e. The summed E-state index contributed by atoms with van der Waals surface area (Å²) in [4.78, 5) is 59.7. The molecular formula is C33H43FN6O7S2. The lowest BCUT2D eigenvalue weighted by atomic mass is 10.0. The Morgan fingerprint density at radius 2 is 1.90 bits per heavy atom. The van der Waals surface area contributed by atoms with Gasteiger partial charge in [-0.2, -0.15) is 0 Å². The van der Waals surface area contributed by atoms with Gasteiger partial charge in [0.2, 0.25) is 21.8 Å². The number of carbonyl (C=O) groups excluding carboxylic acids is 4. The van der Waals surface area contributed by atoms with E-state index in [-0.39, 0.29) is 32.5 Å². The van der Waals surface area contributed by atoms with E-state index in [1.54, 1.807) is 31.1 Å². The van der Waals surface area contributed by atoms with Crippen LogP contribution in [0.15, 0.2) is 30.4 Å². The number of thiocarbonyl (C=S) groups is 1. The number of rotatable bonds is 5. The van der Waals surface area contributed by atoms with Crippen molar-refractivity contribution in [2.75, 3.05) is 20.6 Å². The number of nitrogens with zero attached hydrogens (tertiary/aromatic N) is 3. The highest BCUT2D eigenvalue weighted by molar-refractivity contribution is 7.91. The minimum Gasteiger partial charge on any atom is -0.444 e. The zero-order valence-corrected chi connectivity index (χ0v) is 29.3. The first-order chi connectivity index (χ1) is 23.3. The smallest absolute Gasteiger partial charge is 0.410 e. The molecule has 1 saturated heterocycles. The number of hydrogen-bond acceptors (Lipinski definition) is 8. The van der Waals surface area contributed by atoms with Gasteiger partial charge in [-0.1, -0.05) is 37.1 Å². The maximum absolute atomic E-state index is 14.4. The van der Waals surface area contributed by atoms with E-state index in [1.165, 1.54) is 15.9 Å². The summed E-state index contributed by atoms with van der Waals surface area (Å²) < 4.78 is 47.8. The molecule has 13 nitrogen and oxygen atoms in total. The summed E-state index contributed by atoms with van der Waals surface area (Å²) in [5, 5.41) is 5.66. The topological polar surface area (TPSA) is 157 Å². The first-order valence-electron chi connectivity index (χ1n) is 16.8. The molecule has 0 aromatic heterocycles. The Labute approximate surface area is 291 Å². The van der Waals surface area contributed by atoms with Gasteiger partial charge in [0.1, 0.15) is 29.5 Å². The van der Waals surface area contributed by atoms with E-state index in [0.29, 0.717) is 41.9 Å². The van der Waals surface area contributed by atoms with Crippen molar-refractivity contribution >= 4 is 51.2 Å². The molecule has 1 aromatic carbocycles. The van der Waals surface area contributed by atoms with E-state index >= 15 is 0 Å². The summed E-state index contributed by atoms with van der Waals surface area (Å²) in [5.41, 5.74) is -0.412. The zero-order valence-electron chi connectivity index (χ0n) is 27.7. The fourth-order valence-electron chi connectivity index (χ4n) is 6.85. The zero-order chi connectivity index (χ0) is 35.1. The molecule has 0 unspecified atom stereocenters. The van der Waals surface area contributed by atoms with Gasteiger partial charge >= 0.3 is 6.09 Å². The predicted octanol–water partition coefficient (Wildman–Crippen LogP) is 2.06. The van der Waals surface area contributed by atoms with Crippen molar-refractivity contribution in [3.05, 3.63) is 47.3 Å². The Balaban J connectivity index is 1.25. The maximum atomic E-state index is 14.4. The molecule has 3 aliphatic heterocycles. The largest absolute Gasteiger partial charge is 0.444 e. The summed E-state index contributed by atoms with van der Waals surface area (Å²) in [6.45, 7) is 0.100. The molecule has 5 aliphatic rings. The minimum atomic E-state index is -3.89. The van der Waals surface area contributed by atoms with E-state index in [0.717, 1.165) is 19.3 Å². The van der Waals surface area contributed by atoms with Crippen LogP contribution in [-0.4, -0.2) is 102 Å². The highest BCUT2D eigenvalue weighted by atomic mass is 32.2. The van der Waals surface area contributed by atoms with Gasteiger partial charge in [0.05, 0.1) is 18.3 Å². The molecule has 3 fully saturated rings. The summed E-state index contributed by atoms with van der Waals surface area (Å²) in [5.74, 6) is -2.71. The third-order valence-corrected chi connectivity index (χ3v) is 12.3. The molecule has 0 radical (unpaired) electrons. The number of nitrogens with one attached hydrogen (secondary N) is 3. The number of carbonyl (C=O) groups is 4. The van der Waals surface area contributed by atoms with Crippen LogP contribution in [0.3, 0.4) is 0 Å². The van der Waals surface area contributed by atoms with Crippen LogP contribution in [0.1, 0.15) is 68.9 Å². The second kappa shape index (κ2) is 13.8. The molecule has 6 rings (SSSR count). The summed E-state index contributed by atoms with van der Waals surface area (Å²) >= 11 is 5.47. The van der Waals surface area contributed by atoms with Crippen molar-refractivity contribution in [2.24, 2.45) is 5.92 Å². The van der Waals surface area contributed by atoms with E-state index in [9.17, 15) is 32.0 Å². The number of ether oxygens (including phenoxy) is 1. The van der Waals surface area contributed by atoms with Crippen LogP contribution < -0.4 is 15.4 Å². The summed E-state index contributed by atoms with van der Waals surface area (Å²) in [6, 6.07) is 2.76. The minimum absolute atomic E-state index is 0.0321. The third kappa shape index (κ3) is 7.54. The number of amides is 4. The molecule has 2 saturated carbocycles. The standard InChI is InChI=1S/C33H43FN6O7S2/c1-38(2)31(48)35-26-12-7-5-3-4-6-10-21-16-33(21,30(43)37-49(45,46)23-13-14-23)36-28(41)27-15-22(18-40(27)29(26)42)47-32(44)39-17-20-9-8-11-25(34)24(20)19-39/h6,8-11,21-23,26-27H,3-5,7,12-19H2,1-2H3,(H,35,48)(H,36,41)(H,37,43)/b10-6-/t21-,22-,26+,27+,33-/m1/s1. The molecule has 0 bridgehead atoms. The van der Waals surface area contributed by atoms with Crippen LogP contribution in [0.25, 0.3) is 0 Å². The number of allylic oxidation sites excluding steroid dienone is 1. The summed E-state index contributed by atoms with van der Waals surface area (Å²) in [7, 11) is -0.380. The van der Waals surface area contributed by atoms with Gasteiger partial charge < -0.3 is 25.2 Å². The Bertz CT molecular complexity index is 1670. The number of benzene rings is 1. The van der Waals surface area contributed by atoms with Gasteiger partial charge in [0.25, 0.3) is 5.91 Å². The van der Waals surface area contributed by atoms with Crippen LogP contribution in [0.4, 0.5) is 9.18 Å². The Morgan fingerprint density at radius 3 is 2.61 bits per heavy atom. The van der Waals surface area contributed by atoms with Crippen LogP contribution in [0.2, 0.25) is 0 Å². The second-order valence-corrected chi connectivity index (χ2v) is 16.2. The third-order valence-electron chi connectivity index (χ3n) is 10.00. The van der Waals surface area contributed by atoms with Crippen molar-refractivity contribution in [1.29, 1.82) is 0 Å². The molecule has 266 valence electrons. The van der Waals surface area contributed by atoms with Crippen LogP contribution in [0, 0.1) is 11.7 Å². The van der Waals surface area contributed by atoms with Gasteiger partial charge in [0.15, 0.2) is 5.11 Å². The van der Waals surface area contributed by atoms with Crippen molar-refractivity contribution in [1.82, 2.24) is 30.1 Å². The lowest BCUT2D eigenvalue weighted by Crippen LogP contribution is -2.58. The molecular weight excluding hydrogens is 676 g/mol. The van der Waals surface area contributed by atoms with Gasteiger partial charge in [0, 0.05) is 38.5 Å². The van der Waals surface area contributed by atoms with Crippen molar-refractivity contribution in [3.8, 4) is 0 Å². The first kappa shape index (κ1) is 35.1. The van der Waals surface area contributed by atoms with Gasteiger partial charge in [-0.15, -0.1) is 0 Å². The second-order valence-electron chi connectivity index (χ2n) is 13.9. The fourth-order valence-corrected chi connectivity index (χ4v) is 8.36. The molecule has 16 heteroatoms. The fraction of sp³-hybridized carbons (Fsp3) is 0.606. The molecule has 0 spiro atoms. The van der Waals surface area contributed by atoms with Crippen LogP contribution >= 0.6 is 12.2 Å². The molecule has 1 aromatic rings. The van der Waals surface area contributed by atoms with Crippen LogP contribution in [-0.2, 0) is 42.2 Å². The van der Waals surface area contributed by atoms with Crippen molar-refractivity contribution < 1.29 is 36.7 Å². The molecule has 49 heavy (non-hydrogen) atoms. The average Bonchev–Trinajstić information content (AvgIpc) is 3.93. The van der Waals surface area contributed by atoms with Crippen molar-refractivity contribution in [2.45, 2.75) is 99.9 Å². The first-order valence-corrected chi connectivity index (χ1v) is 18.8. The van der Waals surface area contributed by atoms with E-state index in [4.69, 9.17) is 17.0 Å². The molecule has 4 amide bonds. The normalized spacial score (nSPS) is 29.3. The lowest BCUT2D eigenvalue weighted by Gasteiger charge is -2.31. The highest BCUT2D eigenvalue weighted by Gasteiger charge is 2.62.